The van der Waals surface area contributed by atoms with Gasteiger partial charge in [-0.3, -0.25) is 9.89 Å². The number of aryl methyl sites for hydroxylation is 2. The van der Waals surface area contributed by atoms with E-state index in [0.717, 1.165) is 47.8 Å². The van der Waals surface area contributed by atoms with E-state index < -0.39 is 0 Å². The van der Waals surface area contributed by atoms with Gasteiger partial charge in [0.15, 0.2) is 0 Å². The van der Waals surface area contributed by atoms with Crippen molar-refractivity contribution in [1.82, 2.24) is 20.5 Å². The average molecular weight is 428 g/mol. The van der Waals surface area contributed by atoms with Crippen LogP contribution < -0.4 is 10.2 Å². The molecule has 0 saturated carbocycles. The highest BCUT2D eigenvalue weighted by atomic mass is 16.4. The van der Waals surface area contributed by atoms with Crippen LogP contribution in [-0.4, -0.2) is 27.6 Å². The summed E-state index contributed by atoms with van der Waals surface area (Å²) in [7, 11) is 0. The summed E-state index contributed by atoms with van der Waals surface area (Å²) in [5.41, 5.74) is 6.96. The quantitative estimate of drug-likeness (QED) is 0.482. The Morgan fingerprint density at radius 3 is 2.75 bits per heavy atom. The molecule has 0 aliphatic carbocycles. The standard InChI is InChI=1S/C25H25N5O2/c1-16-21(14-27-29-16)13-26-24(31)19-7-9-20(10-8-19)25-28-22(17(2)32-25)15-30-12-11-18-5-3-4-6-23(18)30/h3-10,14H,11-13,15H2,1-2H3,(H,26,31)(H,27,29). The van der Waals surface area contributed by atoms with E-state index in [1.54, 1.807) is 18.3 Å². The molecular formula is C25H25N5O2. The van der Waals surface area contributed by atoms with Crippen LogP contribution in [0.5, 0.6) is 0 Å². The number of carbonyl (C=O) groups is 1. The Labute approximate surface area is 186 Å². The van der Waals surface area contributed by atoms with E-state index in [2.05, 4.69) is 44.7 Å². The molecule has 2 N–H and O–H groups in total. The SMILES string of the molecule is Cc1[nH]ncc1CNC(=O)c1ccc(-c2nc(CN3CCc4ccccc43)c(C)o2)cc1. The normalized spacial score (nSPS) is 12.8. The fourth-order valence-corrected chi connectivity index (χ4v) is 4.05. The topological polar surface area (TPSA) is 87.0 Å². The Bertz CT molecular complexity index is 1260. The van der Waals surface area contributed by atoms with Crippen molar-refractivity contribution in [1.29, 1.82) is 0 Å². The first-order chi connectivity index (χ1) is 15.6. The van der Waals surface area contributed by atoms with Crippen LogP contribution >= 0.6 is 0 Å². The van der Waals surface area contributed by atoms with Crippen molar-refractivity contribution in [3.8, 4) is 11.5 Å². The zero-order valence-electron chi connectivity index (χ0n) is 18.2. The van der Waals surface area contributed by atoms with E-state index in [-0.39, 0.29) is 5.91 Å². The molecule has 32 heavy (non-hydrogen) atoms. The summed E-state index contributed by atoms with van der Waals surface area (Å²) in [6, 6.07) is 15.8. The smallest absolute Gasteiger partial charge is 0.251 e. The van der Waals surface area contributed by atoms with Crippen LogP contribution in [0.25, 0.3) is 11.5 Å². The van der Waals surface area contributed by atoms with Gasteiger partial charge in [-0.2, -0.15) is 5.10 Å². The van der Waals surface area contributed by atoms with Crippen LogP contribution in [0.3, 0.4) is 0 Å². The molecule has 4 aromatic rings. The number of amides is 1. The van der Waals surface area contributed by atoms with Gasteiger partial charge in [0, 0.05) is 41.2 Å². The van der Waals surface area contributed by atoms with Crippen molar-refractivity contribution < 1.29 is 9.21 Å². The number of aromatic amines is 1. The third-order valence-corrected chi connectivity index (χ3v) is 5.98. The lowest BCUT2D eigenvalue weighted by Crippen LogP contribution is -2.22. The molecule has 0 saturated heterocycles. The van der Waals surface area contributed by atoms with Gasteiger partial charge in [0.2, 0.25) is 5.89 Å². The fraction of sp³-hybridized carbons (Fsp3) is 0.240. The van der Waals surface area contributed by atoms with E-state index in [0.29, 0.717) is 18.0 Å². The van der Waals surface area contributed by atoms with Gasteiger partial charge in [-0.15, -0.1) is 0 Å². The molecule has 0 atom stereocenters. The third kappa shape index (κ3) is 3.89. The number of hydrogen-bond acceptors (Lipinski definition) is 5. The molecule has 5 rings (SSSR count). The Balaban J connectivity index is 1.27. The average Bonchev–Trinajstić information content (AvgIpc) is 3.52. The number of rotatable bonds is 6. The third-order valence-electron chi connectivity index (χ3n) is 5.98. The van der Waals surface area contributed by atoms with Crippen LogP contribution in [-0.2, 0) is 19.5 Å². The van der Waals surface area contributed by atoms with Crippen molar-refractivity contribution in [3.05, 3.63) is 88.6 Å². The van der Waals surface area contributed by atoms with Crippen LogP contribution in [0.2, 0.25) is 0 Å². The van der Waals surface area contributed by atoms with Gasteiger partial charge in [0.1, 0.15) is 11.5 Å². The minimum Gasteiger partial charge on any atom is -0.441 e. The highest BCUT2D eigenvalue weighted by Crippen LogP contribution is 2.30. The van der Waals surface area contributed by atoms with Crippen molar-refractivity contribution in [3.63, 3.8) is 0 Å². The molecule has 1 aliphatic rings. The lowest BCUT2D eigenvalue weighted by molar-refractivity contribution is 0.0951. The van der Waals surface area contributed by atoms with Gasteiger partial charge < -0.3 is 14.6 Å². The highest BCUT2D eigenvalue weighted by Gasteiger charge is 2.21. The van der Waals surface area contributed by atoms with E-state index >= 15 is 0 Å². The molecule has 0 radical (unpaired) electrons. The number of hydrogen-bond donors (Lipinski definition) is 2. The molecule has 0 bridgehead atoms. The van der Waals surface area contributed by atoms with E-state index in [4.69, 9.17) is 9.40 Å². The molecule has 0 fully saturated rings. The number of nitrogens with zero attached hydrogens (tertiary/aromatic N) is 3. The maximum atomic E-state index is 12.5. The second kappa shape index (κ2) is 8.34. The second-order valence-corrected chi connectivity index (χ2v) is 8.10. The molecule has 2 aromatic heterocycles. The van der Waals surface area contributed by atoms with Crippen LogP contribution in [0.4, 0.5) is 5.69 Å². The molecule has 7 heteroatoms. The Morgan fingerprint density at radius 2 is 1.97 bits per heavy atom. The summed E-state index contributed by atoms with van der Waals surface area (Å²) in [5.74, 6) is 1.27. The molecule has 2 aromatic carbocycles. The number of para-hydroxylation sites is 1. The fourth-order valence-electron chi connectivity index (χ4n) is 4.05. The van der Waals surface area contributed by atoms with E-state index in [1.807, 2.05) is 26.0 Å². The Hall–Kier alpha value is -3.87. The molecule has 0 spiro atoms. The zero-order chi connectivity index (χ0) is 22.1. The first-order valence-corrected chi connectivity index (χ1v) is 10.7. The molecule has 1 amide bonds. The van der Waals surface area contributed by atoms with Gasteiger partial charge in [-0.25, -0.2) is 4.98 Å². The van der Waals surface area contributed by atoms with Crippen molar-refractivity contribution >= 4 is 11.6 Å². The monoisotopic (exact) mass is 427 g/mol. The predicted octanol–water partition coefficient (Wildman–Crippen LogP) is 4.17. The summed E-state index contributed by atoms with van der Waals surface area (Å²) in [5, 5.41) is 9.76. The van der Waals surface area contributed by atoms with Crippen molar-refractivity contribution in [2.24, 2.45) is 0 Å². The molecule has 7 nitrogen and oxygen atoms in total. The molecule has 3 heterocycles. The number of benzene rings is 2. The second-order valence-electron chi connectivity index (χ2n) is 8.10. The van der Waals surface area contributed by atoms with Gasteiger partial charge in [-0.1, -0.05) is 18.2 Å². The van der Waals surface area contributed by atoms with Crippen LogP contribution in [0, 0.1) is 13.8 Å². The van der Waals surface area contributed by atoms with Gasteiger partial charge >= 0.3 is 0 Å². The van der Waals surface area contributed by atoms with Gasteiger partial charge in [-0.05, 0) is 56.2 Å². The summed E-state index contributed by atoms with van der Waals surface area (Å²) >= 11 is 0. The number of oxazole rings is 1. The minimum atomic E-state index is -0.130. The molecule has 0 unspecified atom stereocenters. The molecular weight excluding hydrogens is 402 g/mol. The largest absolute Gasteiger partial charge is 0.441 e. The maximum absolute atomic E-state index is 12.5. The Kier molecular flexibility index (Phi) is 5.23. The highest BCUT2D eigenvalue weighted by molar-refractivity contribution is 5.94. The summed E-state index contributed by atoms with van der Waals surface area (Å²) in [4.78, 5) is 19.6. The summed E-state index contributed by atoms with van der Waals surface area (Å²) < 4.78 is 5.96. The number of anilines is 1. The van der Waals surface area contributed by atoms with Gasteiger partial charge in [0.05, 0.1) is 12.7 Å². The van der Waals surface area contributed by atoms with E-state index in [9.17, 15) is 4.79 Å². The van der Waals surface area contributed by atoms with Crippen molar-refractivity contribution in [2.45, 2.75) is 33.4 Å². The maximum Gasteiger partial charge on any atom is 0.251 e. The van der Waals surface area contributed by atoms with Crippen LogP contribution in [0.1, 0.15) is 38.6 Å². The predicted molar refractivity (Wildman–Crippen MR) is 122 cm³/mol. The van der Waals surface area contributed by atoms with Gasteiger partial charge in [0.25, 0.3) is 5.91 Å². The first kappa shape index (κ1) is 20.1. The van der Waals surface area contributed by atoms with E-state index in [1.165, 1.54) is 11.3 Å². The summed E-state index contributed by atoms with van der Waals surface area (Å²) in [6.07, 6.45) is 2.78. The number of fused-ring (bicyclic) bond motifs is 1. The lowest BCUT2D eigenvalue weighted by Gasteiger charge is -2.17. The minimum absolute atomic E-state index is 0.130. The molecule has 1 aliphatic heterocycles. The number of carbonyl (C=O) groups excluding carboxylic acids is 1. The van der Waals surface area contributed by atoms with Crippen LogP contribution in [0.15, 0.2) is 59.1 Å². The van der Waals surface area contributed by atoms with Crippen molar-refractivity contribution in [2.75, 3.05) is 11.4 Å². The lowest BCUT2D eigenvalue weighted by atomic mass is 10.1. The summed E-state index contributed by atoms with van der Waals surface area (Å²) in [6.45, 7) is 6.03. The first-order valence-electron chi connectivity index (χ1n) is 10.7. The number of H-pyrrole nitrogens is 1. The zero-order valence-corrected chi connectivity index (χ0v) is 18.2. The number of nitrogens with one attached hydrogen (secondary N) is 2. The molecule has 162 valence electrons. The number of aromatic nitrogens is 3. The Morgan fingerprint density at radius 1 is 1.16 bits per heavy atom.